The summed E-state index contributed by atoms with van der Waals surface area (Å²) < 4.78 is 28.8. The molecule has 0 fully saturated rings. The molecule has 0 aliphatic heterocycles. The van der Waals surface area contributed by atoms with Crippen LogP contribution in [0.1, 0.15) is 65.2 Å². The Labute approximate surface area is 92.2 Å². The summed E-state index contributed by atoms with van der Waals surface area (Å²) in [6.07, 6.45) is 6.31. The number of alkyl halides is 2. The molecule has 15 heavy (non-hydrogen) atoms. The third-order valence-electron chi connectivity index (χ3n) is 2.35. The molecule has 0 unspecified atom stereocenters. The Morgan fingerprint density at radius 2 is 1.33 bits per heavy atom. The van der Waals surface area contributed by atoms with Gasteiger partial charge in [-0.15, -0.1) is 0 Å². The van der Waals surface area contributed by atoms with Crippen molar-refractivity contribution >= 4 is 0 Å². The molecule has 1 nitrogen and oxygen atoms in total. The van der Waals surface area contributed by atoms with Gasteiger partial charge in [-0.3, -0.25) is 0 Å². The SMILES string of the molecule is CCCCCCCCCCOC(C)(F)F. The first kappa shape index (κ1) is 14.8. The zero-order valence-electron chi connectivity index (χ0n) is 10.0. The molecular formula is C12H24F2O. The number of ether oxygens (including phenoxy) is 1. The van der Waals surface area contributed by atoms with Crippen LogP contribution < -0.4 is 0 Å². The smallest absolute Gasteiger partial charge is 0.321 e. The molecule has 0 aromatic heterocycles. The minimum absolute atomic E-state index is 0.179. The minimum atomic E-state index is -2.96. The molecule has 0 aliphatic carbocycles. The van der Waals surface area contributed by atoms with Gasteiger partial charge >= 0.3 is 6.11 Å². The summed E-state index contributed by atoms with van der Waals surface area (Å²) in [5.41, 5.74) is 0. The summed E-state index contributed by atoms with van der Waals surface area (Å²) in [4.78, 5) is 0. The lowest BCUT2D eigenvalue weighted by Gasteiger charge is -2.10. The second kappa shape index (κ2) is 9.08. The molecule has 0 saturated heterocycles. The molecule has 0 rings (SSSR count). The van der Waals surface area contributed by atoms with Gasteiger partial charge in [0.15, 0.2) is 0 Å². The third kappa shape index (κ3) is 13.8. The predicted octanol–water partition coefficient (Wildman–Crippen LogP) is 4.76. The molecule has 0 aliphatic rings. The summed E-state index contributed by atoms with van der Waals surface area (Å²) in [6, 6.07) is 0. The first-order valence-electron chi connectivity index (χ1n) is 6.08. The van der Waals surface area contributed by atoms with Gasteiger partial charge in [0, 0.05) is 6.92 Å². The molecule has 0 saturated carbocycles. The van der Waals surface area contributed by atoms with Gasteiger partial charge in [0.05, 0.1) is 6.61 Å². The van der Waals surface area contributed by atoms with E-state index in [-0.39, 0.29) is 6.61 Å². The average molecular weight is 222 g/mol. The lowest BCUT2D eigenvalue weighted by molar-refractivity contribution is -0.224. The molecule has 0 aromatic carbocycles. The van der Waals surface area contributed by atoms with Crippen molar-refractivity contribution in [2.45, 2.75) is 71.3 Å². The Morgan fingerprint density at radius 1 is 0.867 bits per heavy atom. The normalized spacial score (nSPS) is 12.0. The first-order chi connectivity index (χ1) is 7.06. The fourth-order valence-electron chi connectivity index (χ4n) is 1.49. The number of hydrogen-bond acceptors (Lipinski definition) is 1. The van der Waals surface area contributed by atoms with E-state index in [2.05, 4.69) is 11.7 Å². The molecular weight excluding hydrogens is 198 g/mol. The minimum Gasteiger partial charge on any atom is -0.321 e. The van der Waals surface area contributed by atoms with Gasteiger partial charge in [-0.1, -0.05) is 51.9 Å². The molecule has 92 valence electrons. The molecule has 3 heteroatoms. The summed E-state index contributed by atoms with van der Waals surface area (Å²) in [7, 11) is 0. The highest BCUT2D eigenvalue weighted by Gasteiger charge is 2.20. The molecule has 0 amide bonds. The lowest BCUT2D eigenvalue weighted by atomic mass is 10.1. The lowest BCUT2D eigenvalue weighted by Crippen LogP contribution is -2.15. The van der Waals surface area contributed by atoms with E-state index in [1.54, 1.807) is 0 Å². The van der Waals surface area contributed by atoms with Crippen molar-refractivity contribution in [1.29, 1.82) is 0 Å². The van der Waals surface area contributed by atoms with Crippen molar-refractivity contribution in [3.05, 3.63) is 0 Å². The maximum atomic E-state index is 12.2. The molecule has 0 spiro atoms. The Morgan fingerprint density at radius 3 is 1.80 bits per heavy atom. The third-order valence-corrected chi connectivity index (χ3v) is 2.35. The Bertz CT molecular complexity index is 132. The number of halogens is 2. The van der Waals surface area contributed by atoms with Crippen LogP contribution in [0, 0.1) is 0 Å². The van der Waals surface area contributed by atoms with E-state index >= 15 is 0 Å². The van der Waals surface area contributed by atoms with E-state index in [1.807, 2.05) is 0 Å². The van der Waals surface area contributed by atoms with Gasteiger partial charge in [-0.05, 0) is 6.42 Å². The van der Waals surface area contributed by atoms with Crippen LogP contribution in [0.4, 0.5) is 8.78 Å². The Hall–Kier alpha value is -0.180. The van der Waals surface area contributed by atoms with Gasteiger partial charge in [0.1, 0.15) is 0 Å². The molecule has 0 N–H and O–H groups in total. The number of rotatable bonds is 10. The zero-order chi connectivity index (χ0) is 11.6. The van der Waals surface area contributed by atoms with E-state index < -0.39 is 6.11 Å². The topological polar surface area (TPSA) is 9.23 Å². The van der Waals surface area contributed by atoms with Gasteiger partial charge in [0.25, 0.3) is 0 Å². The average Bonchev–Trinajstić information content (AvgIpc) is 2.14. The molecule has 0 aromatic rings. The summed E-state index contributed by atoms with van der Waals surface area (Å²) in [5.74, 6) is 0. The standard InChI is InChI=1S/C12H24F2O/c1-3-4-5-6-7-8-9-10-11-15-12(2,13)14/h3-11H2,1-2H3. The van der Waals surface area contributed by atoms with Crippen LogP contribution in [0.25, 0.3) is 0 Å². The van der Waals surface area contributed by atoms with Crippen LogP contribution in [0.2, 0.25) is 0 Å². The van der Waals surface area contributed by atoms with Crippen molar-refractivity contribution in [3.8, 4) is 0 Å². The zero-order valence-corrected chi connectivity index (χ0v) is 10.0. The van der Waals surface area contributed by atoms with E-state index in [9.17, 15) is 8.78 Å². The highest BCUT2D eigenvalue weighted by Crippen LogP contribution is 2.14. The van der Waals surface area contributed by atoms with Crippen molar-refractivity contribution in [3.63, 3.8) is 0 Å². The number of unbranched alkanes of at least 4 members (excludes halogenated alkanes) is 7. The monoisotopic (exact) mass is 222 g/mol. The highest BCUT2D eigenvalue weighted by molar-refractivity contribution is 4.47. The fourth-order valence-corrected chi connectivity index (χ4v) is 1.49. The first-order valence-corrected chi connectivity index (χ1v) is 6.08. The second-order valence-electron chi connectivity index (χ2n) is 4.13. The summed E-state index contributed by atoms with van der Waals surface area (Å²) in [5, 5.41) is 0. The fraction of sp³-hybridized carbons (Fsp3) is 1.00. The van der Waals surface area contributed by atoms with Gasteiger partial charge in [-0.2, -0.15) is 8.78 Å². The number of hydrogen-bond donors (Lipinski definition) is 0. The quantitative estimate of drug-likeness (QED) is 0.484. The van der Waals surface area contributed by atoms with Crippen LogP contribution in [-0.4, -0.2) is 12.7 Å². The molecule has 0 bridgehead atoms. The van der Waals surface area contributed by atoms with Gasteiger partial charge < -0.3 is 4.74 Å². The maximum absolute atomic E-state index is 12.2. The van der Waals surface area contributed by atoms with E-state index in [0.717, 1.165) is 26.2 Å². The van der Waals surface area contributed by atoms with E-state index in [0.29, 0.717) is 0 Å². The molecule has 0 heterocycles. The van der Waals surface area contributed by atoms with Crippen LogP contribution in [0.5, 0.6) is 0 Å². The van der Waals surface area contributed by atoms with Gasteiger partial charge in [0.2, 0.25) is 0 Å². The van der Waals surface area contributed by atoms with Crippen molar-refractivity contribution in [1.82, 2.24) is 0 Å². The van der Waals surface area contributed by atoms with Crippen LogP contribution in [-0.2, 0) is 4.74 Å². The largest absolute Gasteiger partial charge is 0.352 e. The van der Waals surface area contributed by atoms with Gasteiger partial charge in [-0.25, -0.2) is 0 Å². The van der Waals surface area contributed by atoms with E-state index in [4.69, 9.17) is 0 Å². The molecule has 0 radical (unpaired) electrons. The van der Waals surface area contributed by atoms with E-state index in [1.165, 1.54) is 32.1 Å². The summed E-state index contributed by atoms with van der Waals surface area (Å²) >= 11 is 0. The molecule has 0 atom stereocenters. The Kier molecular flexibility index (Phi) is 8.97. The summed E-state index contributed by atoms with van der Waals surface area (Å²) in [6.45, 7) is 3.17. The second-order valence-corrected chi connectivity index (χ2v) is 4.13. The van der Waals surface area contributed by atoms with Crippen LogP contribution in [0.3, 0.4) is 0 Å². The maximum Gasteiger partial charge on any atom is 0.352 e. The van der Waals surface area contributed by atoms with Crippen molar-refractivity contribution < 1.29 is 13.5 Å². The van der Waals surface area contributed by atoms with Crippen LogP contribution in [0.15, 0.2) is 0 Å². The van der Waals surface area contributed by atoms with Crippen molar-refractivity contribution in [2.24, 2.45) is 0 Å². The Balaban J connectivity index is 2.99. The van der Waals surface area contributed by atoms with Crippen LogP contribution >= 0.6 is 0 Å². The van der Waals surface area contributed by atoms with Crippen molar-refractivity contribution in [2.75, 3.05) is 6.61 Å². The predicted molar refractivity (Wildman–Crippen MR) is 59.2 cm³/mol. The highest BCUT2D eigenvalue weighted by atomic mass is 19.3.